The number of rotatable bonds is 13. The highest BCUT2D eigenvalue weighted by Crippen LogP contribution is 2.21. The molecule has 1 N–H and O–H groups in total. The van der Waals surface area contributed by atoms with E-state index in [4.69, 9.17) is 4.74 Å². The summed E-state index contributed by atoms with van der Waals surface area (Å²) >= 11 is 0. The molecular formula is C33H42N2O3. The lowest BCUT2D eigenvalue weighted by atomic mass is 9.99. The van der Waals surface area contributed by atoms with Gasteiger partial charge in [0.25, 0.3) is 0 Å². The summed E-state index contributed by atoms with van der Waals surface area (Å²) in [7, 11) is 1.63. The van der Waals surface area contributed by atoms with Crippen LogP contribution in [0.4, 0.5) is 0 Å². The van der Waals surface area contributed by atoms with Gasteiger partial charge in [-0.2, -0.15) is 0 Å². The molecular weight excluding hydrogens is 472 g/mol. The number of benzene rings is 3. The van der Waals surface area contributed by atoms with Crippen molar-refractivity contribution in [2.75, 3.05) is 7.11 Å². The molecule has 0 saturated heterocycles. The van der Waals surface area contributed by atoms with Gasteiger partial charge in [0.2, 0.25) is 11.8 Å². The number of carbonyl (C=O) groups excluding carboxylic acids is 2. The predicted octanol–water partition coefficient (Wildman–Crippen LogP) is 6.31. The zero-order valence-corrected chi connectivity index (χ0v) is 23.4. The summed E-state index contributed by atoms with van der Waals surface area (Å²) in [5.74, 6) is 1.03. The van der Waals surface area contributed by atoms with Crippen LogP contribution in [0.5, 0.6) is 5.75 Å². The Kier molecular flexibility index (Phi) is 11.0. The molecule has 0 heterocycles. The molecule has 5 nitrogen and oxygen atoms in total. The number of hydrogen-bond acceptors (Lipinski definition) is 3. The number of methoxy groups -OCH3 is 1. The fraction of sp³-hybridized carbons (Fsp3) is 0.394. The molecule has 38 heavy (non-hydrogen) atoms. The van der Waals surface area contributed by atoms with Crippen molar-refractivity contribution >= 4 is 11.8 Å². The molecule has 0 radical (unpaired) electrons. The van der Waals surface area contributed by atoms with Crippen LogP contribution in [0, 0.1) is 0 Å². The second kappa shape index (κ2) is 14.4. The topological polar surface area (TPSA) is 58.6 Å². The molecule has 0 spiro atoms. The minimum atomic E-state index is -0.631. The molecule has 0 aliphatic heterocycles. The zero-order chi connectivity index (χ0) is 27.5. The zero-order valence-electron chi connectivity index (χ0n) is 23.4. The third-order valence-electron chi connectivity index (χ3n) is 7.03. The first-order valence-electron chi connectivity index (χ1n) is 13.7. The van der Waals surface area contributed by atoms with Gasteiger partial charge in [-0.25, -0.2) is 0 Å². The molecule has 0 unspecified atom stereocenters. The Bertz CT molecular complexity index is 1160. The second-order valence-electron chi connectivity index (χ2n) is 10.3. The molecule has 0 aromatic heterocycles. The van der Waals surface area contributed by atoms with Crippen LogP contribution < -0.4 is 10.1 Å². The third kappa shape index (κ3) is 8.47. The highest BCUT2D eigenvalue weighted by molar-refractivity contribution is 5.88. The summed E-state index contributed by atoms with van der Waals surface area (Å²) in [5.41, 5.74) is 4.34. The average molecular weight is 515 g/mol. The number of aryl methyl sites for hydroxylation is 1. The highest BCUT2D eigenvalue weighted by atomic mass is 16.5. The van der Waals surface area contributed by atoms with Gasteiger partial charge in [0.1, 0.15) is 11.8 Å². The van der Waals surface area contributed by atoms with Crippen LogP contribution >= 0.6 is 0 Å². The van der Waals surface area contributed by atoms with Gasteiger partial charge in [0.05, 0.1) is 7.11 Å². The molecule has 2 amide bonds. The quantitative estimate of drug-likeness (QED) is 0.291. The van der Waals surface area contributed by atoms with Gasteiger partial charge in [0, 0.05) is 25.4 Å². The molecule has 2 atom stereocenters. The molecule has 0 saturated carbocycles. The van der Waals surface area contributed by atoms with Gasteiger partial charge in [0.15, 0.2) is 0 Å². The Labute approximate surface area is 228 Å². The third-order valence-corrected chi connectivity index (χ3v) is 7.03. The predicted molar refractivity (Wildman–Crippen MR) is 154 cm³/mol. The van der Waals surface area contributed by atoms with Crippen LogP contribution in [0.2, 0.25) is 0 Å². The van der Waals surface area contributed by atoms with Crippen molar-refractivity contribution in [1.82, 2.24) is 10.2 Å². The van der Waals surface area contributed by atoms with E-state index in [9.17, 15) is 9.59 Å². The van der Waals surface area contributed by atoms with E-state index in [0.717, 1.165) is 28.9 Å². The Balaban J connectivity index is 1.90. The summed E-state index contributed by atoms with van der Waals surface area (Å²) in [5, 5.41) is 3.13. The summed E-state index contributed by atoms with van der Waals surface area (Å²) in [6.45, 7) is 8.71. The van der Waals surface area contributed by atoms with Crippen molar-refractivity contribution < 1.29 is 14.3 Å². The fourth-order valence-corrected chi connectivity index (χ4v) is 4.43. The van der Waals surface area contributed by atoms with Crippen molar-refractivity contribution in [2.45, 2.75) is 77.9 Å². The summed E-state index contributed by atoms with van der Waals surface area (Å²) in [6, 6.07) is 25.5. The monoisotopic (exact) mass is 514 g/mol. The van der Waals surface area contributed by atoms with E-state index in [2.05, 4.69) is 43.4 Å². The van der Waals surface area contributed by atoms with Crippen molar-refractivity contribution in [3.05, 3.63) is 101 Å². The molecule has 0 bridgehead atoms. The minimum absolute atomic E-state index is 0.0222. The SMILES string of the molecule is CC[C@H](C)NC(=O)[C@@H](Cc1ccccc1)N(Cc1cccc(OC)c1)C(=O)CCc1ccc(C(C)C)cc1. The number of nitrogens with zero attached hydrogens (tertiary/aromatic N) is 1. The van der Waals surface area contributed by atoms with Gasteiger partial charge >= 0.3 is 0 Å². The van der Waals surface area contributed by atoms with E-state index < -0.39 is 6.04 Å². The van der Waals surface area contributed by atoms with Gasteiger partial charge in [-0.1, -0.05) is 87.5 Å². The fourth-order valence-electron chi connectivity index (χ4n) is 4.43. The lowest BCUT2D eigenvalue weighted by Gasteiger charge is -2.32. The maximum absolute atomic E-state index is 13.9. The molecule has 3 aromatic carbocycles. The Morgan fingerprint density at radius 2 is 1.55 bits per heavy atom. The summed E-state index contributed by atoms with van der Waals surface area (Å²) < 4.78 is 5.42. The van der Waals surface area contributed by atoms with E-state index >= 15 is 0 Å². The lowest BCUT2D eigenvalue weighted by Crippen LogP contribution is -2.52. The van der Waals surface area contributed by atoms with Crippen LogP contribution in [-0.2, 0) is 29.0 Å². The minimum Gasteiger partial charge on any atom is -0.497 e. The van der Waals surface area contributed by atoms with Crippen molar-refractivity contribution in [3.8, 4) is 5.75 Å². The number of nitrogens with one attached hydrogen (secondary N) is 1. The van der Waals surface area contributed by atoms with Crippen LogP contribution in [-0.4, -0.2) is 35.9 Å². The van der Waals surface area contributed by atoms with Crippen molar-refractivity contribution in [2.24, 2.45) is 0 Å². The molecule has 0 aliphatic rings. The van der Waals surface area contributed by atoms with Gasteiger partial charge in [-0.05, 0) is 60.1 Å². The Hall–Kier alpha value is -3.60. The first-order chi connectivity index (χ1) is 18.3. The molecule has 202 valence electrons. The molecule has 0 aliphatic carbocycles. The molecule has 3 aromatic rings. The van der Waals surface area contributed by atoms with Crippen LogP contribution in [0.25, 0.3) is 0 Å². The lowest BCUT2D eigenvalue weighted by molar-refractivity contribution is -0.141. The highest BCUT2D eigenvalue weighted by Gasteiger charge is 2.30. The Morgan fingerprint density at radius 3 is 2.18 bits per heavy atom. The summed E-state index contributed by atoms with van der Waals surface area (Å²) in [6.07, 6.45) is 2.21. The van der Waals surface area contributed by atoms with Crippen LogP contribution in [0.3, 0.4) is 0 Å². The number of amides is 2. The van der Waals surface area contributed by atoms with E-state index in [1.54, 1.807) is 12.0 Å². The van der Waals surface area contributed by atoms with Gasteiger partial charge in [-0.3, -0.25) is 9.59 Å². The van der Waals surface area contributed by atoms with E-state index in [0.29, 0.717) is 31.7 Å². The second-order valence-corrected chi connectivity index (χ2v) is 10.3. The van der Waals surface area contributed by atoms with E-state index in [1.165, 1.54) is 5.56 Å². The van der Waals surface area contributed by atoms with E-state index in [-0.39, 0.29) is 17.9 Å². The molecule has 0 fully saturated rings. The number of ether oxygens (including phenoxy) is 1. The van der Waals surface area contributed by atoms with Gasteiger partial charge in [-0.15, -0.1) is 0 Å². The largest absolute Gasteiger partial charge is 0.497 e. The standard InChI is InChI=1S/C33H42N2O3/c1-6-25(4)34-33(37)31(22-27-11-8-7-9-12-27)35(23-28-13-10-14-30(21-28)38-5)32(36)20-17-26-15-18-29(19-16-26)24(2)3/h7-16,18-19,21,24-25,31H,6,17,20,22-23H2,1-5H3,(H,34,37)/t25-,31+/m0/s1. The maximum Gasteiger partial charge on any atom is 0.243 e. The first kappa shape index (κ1) is 29.0. The molecule has 5 heteroatoms. The average Bonchev–Trinajstić information content (AvgIpc) is 2.94. The number of hydrogen-bond donors (Lipinski definition) is 1. The van der Waals surface area contributed by atoms with Crippen molar-refractivity contribution in [1.29, 1.82) is 0 Å². The molecule has 3 rings (SSSR count). The summed E-state index contributed by atoms with van der Waals surface area (Å²) in [4.78, 5) is 29.2. The smallest absolute Gasteiger partial charge is 0.243 e. The van der Waals surface area contributed by atoms with Crippen molar-refractivity contribution in [3.63, 3.8) is 0 Å². The maximum atomic E-state index is 13.9. The Morgan fingerprint density at radius 1 is 0.868 bits per heavy atom. The first-order valence-corrected chi connectivity index (χ1v) is 13.7. The number of carbonyl (C=O) groups is 2. The van der Waals surface area contributed by atoms with Crippen LogP contribution in [0.15, 0.2) is 78.9 Å². The van der Waals surface area contributed by atoms with E-state index in [1.807, 2.05) is 68.4 Å². The van der Waals surface area contributed by atoms with Crippen LogP contribution in [0.1, 0.15) is 68.7 Å². The normalized spacial score (nSPS) is 12.6. The van der Waals surface area contributed by atoms with Gasteiger partial charge < -0.3 is 15.0 Å².